The van der Waals surface area contributed by atoms with Gasteiger partial charge in [0.15, 0.2) is 0 Å². The van der Waals surface area contributed by atoms with Crippen LogP contribution in [0.2, 0.25) is 5.02 Å². The highest BCUT2D eigenvalue weighted by Gasteiger charge is 2.15. The Morgan fingerprint density at radius 3 is 2.17 bits per heavy atom. The van der Waals surface area contributed by atoms with Crippen molar-refractivity contribution in [2.24, 2.45) is 9.98 Å². The van der Waals surface area contributed by atoms with Gasteiger partial charge in [0, 0.05) is 11.8 Å². The van der Waals surface area contributed by atoms with Gasteiger partial charge in [-0.2, -0.15) is 9.98 Å². The third-order valence-electron chi connectivity index (χ3n) is 3.41. The molecule has 0 aromatic heterocycles. The zero-order chi connectivity index (χ0) is 16.7. The Kier molecular flexibility index (Phi) is 6.28. The van der Waals surface area contributed by atoms with E-state index >= 15 is 0 Å². The topological polar surface area (TPSA) is 58.9 Å². The van der Waals surface area contributed by atoms with E-state index < -0.39 is 0 Å². The second-order valence-corrected chi connectivity index (χ2v) is 5.52. The van der Waals surface area contributed by atoms with Gasteiger partial charge in [0.05, 0.1) is 16.4 Å². The summed E-state index contributed by atoms with van der Waals surface area (Å²) in [7, 11) is 0. The van der Waals surface area contributed by atoms with Crippen LogP contribution in [0.4, 0.5) is 11.4 Å². The molecule has 0 aliphatic heterocycles. The van der Waals surface area contributed by atoms with Crippen molar-refractivity contribution in [1.82, 2.24) is 0 Å². The van der Waals surface area contributed by atoms with Crippen molar-refractivity contribution in [2.45, 2.75) is 12.3 Å². The first-order valence-electron chi connectivity index (χ1n) is 6.80. The van der Waals surface area contributed by atoms with Crippen molar-refractivity contribution >= 4 is 46.7 Å². The van der Waals surface area contributed by atoms with E-state index in [1.165, 1.54) is 12.2 Å². The summed E-state index contributed by atoms with van der Waals surface area (Å²) in [5.74, 6) is 0.513. The normalized spacial score (nSPS) is 11.2. The average molecular weight is 347 g/mol. The van der Waals surface area contributed by atoms with Crippen molar-refractivity contribution in [3.05, 3.63) is 58.6 Å². The van der Waals surface area contributed by atoms with E-state index in [9.17, 15) is 9.59 Å². The fourth-order valence-corrected chi connectivity index (χ4v) is 2.80. The lowest BCUT2D eigenvalue weighted by Crippen LogP contribution is -2.02. The number of isocyanates is 2. The molecule has 116 valence electrons. The molecule has 0 aliphatic carbocycles. The van der Waals surface area contributed by atoms with Crippen molar-refractivity contribution < 1.29 is 9.59 Å². The highest BCUT2D eigenvalue weighted by atomic mass is 35.5. The number of carbonyl (C=O) groups excluding carboxylic acids is 2. The van der Waals surface area contributed by atoms with Gasteiger partial charge < -0.3 is 0 Å². The van der Waals surface area contributed by atoms with Gasteiger partial charge in [0.25, 0.3) is 0 Å². The van der Waals surface area contributed by atoms with Crippen LogP contribution in [0.15, 0.2) is 52.4 Å². The minimum atomic E-state index is 0.0357. The largest absolute Gasteiger partial charge is 0.240 e. The molecular weight excluding hydrogens is 335 g/mol. The van der Waals surface area contributed by atoms with E-state index in [0.717, 1.165) is 11.1 Å². The zero-order valence-corrected chi connectivity index (χ0v) is 13.5. The van der Waals surface area contributed by atoms with Gasteiger partial charge in [-0.3, -0.25) is 0 Å². The van der Waals surface area contributed by atoms with E-state index in [1.807, 2.05) is 18.2 Å². The number of alkyl halides is 1. The number of halogens is 2. The van der Waals surface area contributed by atoms with Gasteiger partial charge in [-0.05, 0) is 41.8 Å². The first-order valence-corrected chi connectivity index (χ1v) is 7.72. The smallest absolute Gasteiger partial charge is 0.211 e. The first kappa shape index (κ1) is 17.1. The Morgan fingerprint density at radius 1 is 0.957 bits per heavy atom. The summed E-state index contributed by atoms with van der Waals surface area (Å²) in [6.45, 7) is 0. The van der Waals surface area contributed by atoms with Crippen molar-refractivity contribution in [3.8, 4) is 0 Å². The van der Waals surface area contributed by atoms with Gasteiger partial charge in [-0.25, -0.2) is 9.59 Å². The van der Waals surface area contributed by atoms with Crippen LogP contribution in [-0.4, -0.2) is 18.0 Å². The summed E-state index contributed by atoms with van der Waals surface area (Å²) in [6, 6.07) is 12.6. The molecular formula is C17H12Cl2N2O2. The summed E-state index contributed by atoms with van der Waals surface area (Å²) in [6.07, 6.45) is 3.70. The van der Waals surface area contributed by atoms with Crippen molar-refractivity contribution in [1.29, 1.82) is 0 Å². The van der Waals surface area contributed by atoms with Gasteiger partial charge >= 0.3 is 0 Å². The first-order chi connectivity index (χ1) is 11.2. The third-order valence-corrected chi connectivity index (χ3v) is 3.93. The van der Waals surface area contributed by atoms with Crippen LogP contribution in [0, 0.1) is 0 Å². The lowest BCUT2D eigenvalue weighted by atomic mass is 9.89. The minimum Gasteiger partial charge on any atom is -0.211 e. The van der Waals surface area contributed by atoms with Gasteiger partial charge in [-0.15, -0.1) is 11.6 Å². The lowest BCUT2D eigenvalue weighted by Gasteiger charge is -2.17. The second-order valence-electron chi connectivity index (χ2n) is 4.74. The predicted molar refractivity (Wildman–Crippen MR) is 90.6 cm³/mol. The molecule has 1 unspecified atom stereocenters. The summed E-state index contributed by atoms with van der Waals surface area (Å²) in [4.78, 5) is 27.7. The molecule has 0 aliphatic rings. The molecule has 0 fully saturated rings. The maximum Gasteiger partial charge on any atom is 0.240 e. The van der Waals surface area contributed by atoms with Crippen molar-refractivity contribution in [2.75, 3.05) is 5.88 Å². The Balaban J connectivity index is 2.39. The maximum absolute atomic E-state index is 10.4. The molecule has 2 rings (SSSR count). The van der Waals surface area contributed by atoms with Crippen LogP contribution in [-0.2, 0) is 9.59 Å². The fourth-order valence-electron chi connectivity index (χ4n) is 2.35. The zero-order valence-electron chi connectivity index (χ0n) is 12.0. The standard InChI is InChI=1S/C17H12Cl2N2O2/c18-8-7-15(12-1-4-14(5-2-12)20-10-22)13-3-6-17(21-11-23)16(19)9-13/h1-6,9,15H,7-8H2. The molecule has 0 bridgehead atoms. The Bertz CT molecular complexity index is 778. The molecule has 1 atom stereocenters. The molecule has 2 aromatic carbocycles. The van der Waals surface area contributed by atoms with E-state index in [-0.39, 0.29) is 5.92 Å². The monoisotopic (exact) mass is 346 g/mol. The Labute approximate surface area is 143 Å². The quantitative estimate of drug-likeness (QED) is 0.418. The van der Waals surface area contributed by atoms with Crippen LogP contribution >= 0.6 is 23.2 Å². The molecule has 0 heterocycles. The molecule has 0 amide bonds. The Morgan fingerprint density at radius 2 is 1.61 bits per heavy atom. The molecule has 2 aromatic rings. The molecule has 6 heteroatoms. The fraction of sp³-hybridized carbons (Fsp3) is 0.176. The van der Waals surface area contributed by atoms with Crippen molar-refractivity contribution in [3.63, 3.8) is 0 Å². The summed E-state index contributed by atoms with van der Waals surface area (Å²) >= 11 is 12.1. The molecule has 0 N–H and O–H groups in total. The van der Waals surface area contributed by atoms with Crippen LogP contribution in [0.5, 0.6) is 0 Å². The van der Waals surface area contributed by atoms with Gasteiger partial charge in [0.2, 0.25) is 12.2 Å². The van der Waals surface area contributed by atoms with E-state index in [0.29, 0.717) is 28.7 Å². The predicted octanol–water partition coefficient (Wildman–Crippen LogP) is 5.04. The molecule has 0 spiro atoms. The number of hydrogen-bond donors (Lipinski definition) is 0. The average Bonchev–Trinajstić information content (AvgIpc) is 2.56. The summed E-state index contributed by atoms with van der Waals surface area (Å²) in [5.41, 5.74) is 2.91. The Hall–Kier alpha value is -2.22. The summed E-state index contributed by atoms with van der Waals surface area (Å²) < 4.78 is 0. The van der Waals surface area contributed by atoms with E-state index in [4.69, 9.17) is 23.2 Å². The number of hydrogen-bond acceptors (Lipinski definition) is 4. The number of rotatable bonds is 6. The van der Waals surface area contributed by atoms with E-state index in [2.05, 4.69) is 9.98 Å². The van der Waals surface area contributed by atoms with Crippen LogP contribution in [0.25, 0.3) is 0 Å². The van der Waals surface area contributed by atoms with Crippen LogP contribution in [0.1, 0.15) is 23.5 Å². The maximum atomic E-state index is 10.4. The highest BCUT2D eigenvalue weighted by molar-refractivity contribution is 6.33. The van der Waals surface area contributed by atoms with E-state index in [1.54, 1.807) is 24.3 Å². The minimum absolute atomic E-state index is 0.0357. The van der Waals surface area contributed by atoms with Crippen LogP contribution < -0.4 is 0 Å². The molecule has 4 nitrogen and oxygen atoms in total. The lowest BCUT2D eigenvalue weighted by molar-refractivity contribution is 0.564. The number of aliphatic imine (C=N–C) groups is 2. The number of nitrogens with zero attached hydrogens (tertiary/aromatic N) is 2. The number of benzene rings is 2. The van der Waals surface area contributed by atoms with Gasteiger partial charge in [-0.1, -0.05) is 29.8 Å². The molecule has 0 saturated carbocycles. The van der Waals surface area contributed by atoms with Crippen LogP contribution in [0.3, 0.4) is 0 Å². The third kappa shape index (κ3) is 4.38. The summed E-state index contributed by atoms with van der Waals surface area (Å²) in [5, 5.41) is 0.382. The molecule has 23 heavy (non-hydrogen) atoms. The molecule has 0 radical (unpaired) electrons. The molecule has 0 saturated heterocycles. The highest BCUT2D eigenvalue weighted by Crippen LogP contribution is 2.34. The second kappa shape index (κ2) is 8.42. The van der Waals surface area contributed by atoms with Gasteiger partial charge in [0.1, 0.15) is 0 Å². The SMILES string of the molecule is O=C=Nc1ccc(C(CCCl)c2ccc(N=C=O)c(Cl)c2)cc1.